The van der Waals surface area contributed by atoms with Crippen molar-refractivity contribution in [3.05, 3.63) is 12.2 Å². The molecule has 0 saturated heterocycles. The molecular weight excluding hydrogens is 745 g/mol. The zero-order valence-electron chi connectivity index (χ0n) is 34.3. The number of rotatable bonds is 36. The number of aliphatic hydroxyl groups excluding tert-OH is 3. The van der Waals surface area contributed by atoms with Crippen molar-refractivity contribution in [3.63, 3.8) is 0 Å². The number of hydrogen-bond donors (Lipinski definition) is 6. The van der Waals surface area contributed by atoms with Gasteiger partial charge in [-0.15, -0.1) is 0 Å². The standard InChI is InChI=1S/C41H76NO13P/c1-3-5-7-8-9-10-11-12-13-14-15-20-24-39(46)52-29-33(30-53-56(50,51)54-31-36(42)41(48)49)55-40(47)25-21-17-16-19-23-34-35(38(45)28-37(34)44)27-26-32(43)22-18-6-4-2/h26-27,32-38,43-45H,3-25,28-31,42H2,1-2H3,(H,48,49)(H,50,51)/b27-26+/t32-,33+,34+,35+,36-,37-,38+/m0/s1. The van der Waals surface area contributed by atoms with Gasteiger partial charge in [0.25, 0.3) is 0 Å². The fourth-order valence-electron chi connectivity index (χ4n) is 6.93. The summed E-state index contributed by atoms with van der Waals surface area (Å²) in [6, 6.07) is -1.55. The molecule has 15 heteroatoms. The molecule has 1 fully saturated rings. The minimum Gasteiger partial charge on any atom is -0.480 e. The summed E-state index contributed by atoms with van der Waals surface area (Å²) in [5, 5.41) is 40.2. The van der Waals surface area contributed by atoms with Gasteiger partial charge in [0.15, 0.2) is 6.10 Å². The lowest BCUT2D eigenvalue weighted by Crippen LogP contribution is -2.34. The fourth-order valence-corrected chi connectivity index (χ4v) is 7.70. The second-order valence-corrected chi connectivity index (χ2v) is 16.9. The smallest absolute Gasteiger partial charge is 0.472 e. The van der Waals surface area contributed by atoms with Crippen molar-refractivity contribution in [1.82, 2.24) is 0 Å². The van der Waals surface area contributed by atoms with Crippen LogP contribution in [-0.2, 0) is 37.5 Å². The summed E-state index contributed by atoms with van der Waals surface area (Å²) >= 11 is 0. The summed E-state index contributed by atoms with van der Waals surface area (Å²) < 4.78 is 32.7. The van der Waals surface area contributed by atoms with E-state index in [4.69, 9.17) is 24.8 Å². The van der Waals surface area contributed by atoms with Gasteiger partial charge in [-0.25, -0.2) is 4.57 Å². The number of hydrogen-bond acceptors (Lipinski definition) is 12. The molecule has 0 aliphatic heterocycles. The van der Waals surface area contributed by atoms with Gasteiger partial charge < -0.3 is 40.5 Å². The summed E-state index contributed by atoms with van der Waals surface area (Å²) in [5.74, 6) is -2.89. The lowest BCUT2D eigenvalue weighted by atomic mass is 9.88. The lowest BCUT2D eigenvalue weighted by Gasteiger charge is -2.21. The second-order valence-electron chi connectivity index (χ2n) is 15.5. The average Bonchev–Trinajstić information content (AvgIpc) is 3.43. The molecule has 56 heavy (non-hydrogen) atoms. The van der Waals surface area contributed by atoms with Crippen molar-refractivity contribution in [1.29, 1.82) is 0 Å². The second kappa shape index (κ2) is 32.0. The highest BCUT2D eigenvalue weighted by molar-refractivity contribution is 7.47. The van der Waals surface area contributed by atoms with Gasteiger partial charge >= 0.3 is 25.7 Å². The highest BCUT2D eigenvalue weighted by Crippen LogP contribution is 2.43. The number of phosphoric ester groups is 1. The van der Waals surface area contributed by atoms with Crippen molar-refractivity contribution in [2.45, 2.75) is 198 Å². The van der Waals surface area contributed by atoms with Gasteiger partial charge in [0.1, 0.15) is 12.6 Å². The Hall–Kier alpha value is -1.90. The van der Waals surface area contributed by atoms with Crippen molar-refractivity contribution < 1.29 is 62.8 Å². The molecule has 0 amide bonds. The van der Waals surface area contributed by atoms with Crippen LogP contribution in [0.2, 0.25) is 0 Å². The molecule has 328 valence electrons. The molecule has 1 aliphatic rings. The molecule has 0 heterocycles. The molecule has 8 atom stereocenters. The maximum atomic E-state index is 12.7. The van der Waals surface area contributed by atoms with Gasteiger partial charge in [-0.3, -0.25) is 23.4 Å². The largest absolute Gasteiger partial charge is 0.480 e. The zero-order chi connectivity index (χ0) is 41.6. The fraction of sp³-hybridized carbons (Fsp3) is 0.878. The molecular formula is C41H76NO13P. The number of aliphatic carboxylic acids is 1. The Kier molecular flexibility index (Phi) is 29.8. The van der Waals surface area contributed by atoms with Gasteiger partial charge in [0, 0.05) is 25.2 Å². The Labute approximate surface area is 335 Å². The van der Waals surface area contributed by atoms with Crippen LogP contribution < -0.4 is 5.73 Å². The SMILES string of the molecule is CCCCCCCCCCCCCCC(=O)OC[C@H](COP(=O)(O)OC[C@H](N)C(=O)O)OC(=O)CCCCCC[C@@H]1[C@@H](/C=C/[C@@H](O)CCCCC)[C@H](O)C[C@@H]1O. The molecule has 0 spiro atoms. The van der Waals surface area contributed by atoms with E-state index in [1.165, 1.54) is 51.4 Å². The molecule has 14 nitrogen and oxygen atoms in total. The van der Waals surface area contributed by atoms with Gasteiger partial charge in [-0.1, -0.05) is 135 Å². The van der Waals surface area contributed by atoms with Gasteiger partial charge in [-0.2, -0.15) is 0 Å². The van der Waals surface area contributed by atoms with E-state index >= 15 is 0 Å². The number of unbranched alkanes of at least 4 members (excludes halogenated alkanes) is 16. The Morgan fingerprint density at radius 2 is 1.25 bits per heavy atom. The Bertz CT molecular complexity index is 1130. The molecule has 1 saturated carbocycles. The number of nitrogens with two attached hydrogens (primary N) is 1. The predicted octanol–water partition coefficient (Wildman–Crippen LogP) is 7.27. The first kappa shape index (κ1) is 52.1. The van der Waals surface area contributed by atoms with E-state index in [9.17, 15) is 39.2 Å². The Balaban J connectivity index is 2.50. The van der Waals surface area contributed by atoms with Crippen LogP contribution in [0.5, 0.6) is 0 Å². The third-order valence-corrected chi connectivity index (χ3v) is 11.3. The number of carbonyl (C=O) groups excluding carboxylic acids is 2. The lowest BCUT2D eigenvalue weighted by molar-refractivity contribution is -0.161. The van der Waals surface area contributed by atoms with Crippen LogP contribution in [0.25, 0.3) is 0 Å². The number of esters is 2. The van der Waals surface area contributed by atoms with Crippen LogP contribution in [0.1, 0.15) is 168 Å². The minimum atomic E-state index is -4.77. The Morgan fingerprint density at radius 3 is 1.84 bits per heavy atom. The van der Waals surface area contributed by atoms with E-state index in [1.807, 2.05) is 6.08 Å². The number of aliphatic hydroxyl groups is 3. The van der Waals surface area contributed by atoms with Crippen molar-refractivity contribution in [2.24, 2.45) is 17.6 Å². The summed E-state index contributed by atoms with van der Waals surface area (Å²) in [5.41, 5.74) is 5.32. The molecule has 0 aromatic rings. The summed E-state index contributed by atoms with van der Waals surface area (Å²) in [6.45, 7) is 2.48. The highest BCUT2D eigenvalue weighted by atomic mass is 31.2. The molecule has 0 aromatic heterocycles. The zero-order valence-corrected chi connectivity index (χ0v) is 35.2. The van der Waals surface area contributed by atoms with Crippen LogP contribution in [0, 0.1) is 11.8 Å². The van der Waals surface area contributed by atoms with Crippen LogP contribution in [0.3, 0.4) is 0 Å². The molecule has 7 N–H and O–H groups in total. The number of carbonyl (C=O) groups is 3. The maximum absolute atomic E-state index is 12.7. The summed E-state index contributed by atoms with van der Waals surface area (Å²) in [7, 11) is -4.77. The van der Waals surface area contributed by atoms with Crippen molar-refractivity contribution in [3.8, 4) is 0 Å². The van der Waals surface area contributed by atoms with Crippen LogP contribution in [0.15, 0.2) is 12.2 Å². The van der Waals surface area contributed by atoms with E-state index in [0.29, 0.717) is 38.5 Å². The quantitative estimate of drug-likeness (QED) is 0.0158. The molecule has 0 aromatic carbocycles. The first-order valence-electron chi connectivity index (χ1n) is 21.5. The monoisotopic (exact) mass is 822 g/mol. The minimum absolute atomic E-state index is 0.0378. The molecule has 1 aliphatic carbocycles. The predicted molar refractivity (Wildman–Crippen MR) is 214 cm³/mol. The Morgan fingerprint density at radius 1 is 0.732 bits per heavy atom. The molecule has 0 bridgehead atoms. The maximum Gasteiger partial charge on any atom is 0.472 e. The number of phosphoric acid groups is 1. The molecule has 1 unspecified atom stereocenters. The summed E-state index contributed by atoms with van der Waals surface area (Å²) in [4.78, 5) is 46.1. The summed E-state index contributed by atoms with van der Waals surface area (Å²) in [6.07, 6.45) is 22.0. The number of ether oxygens (including phenoxy) is 2. The van der Waals surface area contributed by atoms with E-state index in [2.05, 4.69) is 18.4 Å². The van der Waals surface area contributed by atoms with Crippen LogP contribution >= 0.6 is 7.82 Å². The number of carboxylic acid groups (broad SMARTS) is 1. The third-order valence-electron chi connectivity index (χ3n) is 10.4. The normalized spacial score (nSPS) is 21.1. The highest BCUT2D eigenvalue weighted by Gasteiger charge is 2.39. The first-order valence-corrected chi connectivity index (χ1v) is 23.0. The van der Waals surface area contributed by atoms with Crippen LogP contribution in [-0.4, -0.2) is 93.5 Å². The van der Waals surface area contributed by atoms with E-state index in [1.54, 1.807) is 6.08 Å². The average molecular weight is 822 g/mol. The van der Waals surface area contributed by atoms with Crippen molar-refractivity contribution in [2.75, 3.05) is 19.8 Å². The molecule has 1 rings (SSSR count). The number of carboxylic acids is 1. The van der Waals surface area contributed by atoms with Crippen LogP contribution in [0.4, 0.5) is 0 Å². The van der Waals surface area contributed by atoms with Gasteiger partial charge in [0.05, 0.1) is 31.5 Å². The van der Waals surface area contributed by atoms with Gasteiger partial charge in [0.2, 0.25) is 0 Å². The van der Waals surface area contributed by atoms with E-state index < -0.39 is 76.0 Å². The first-order chi connectivity index (χ1) is 26.8. The van der Waals surface area contributed by atoms with Crippen molar-refractivity contribution >= 4 is 25.7 Å². The van der Waals surface area contributed by atoms with Gasteiger partial charge in [-0.05, 0) is 31.6 Å². The topological polar surface area (TPSA) is 232 Å². The van der Waals surface area contributed by atoms with E-state index in [0.717, 1.165) is 51.4 Å². The molecule has 0 radical (unpaired) electrons. The van der Waals surface area contributed by atoms with E-state index in [-0.39, 0.29) is 24.7 Å². The third kappa shape index (κ3) is 26.2.